The van der Waals surface area contributed by atoms with Gasteiger partial charge in [0.15, 0.2) is 0 Å². The van der Waals surface area contributed by atoms with Gasteiger partial charge in [-0.05, 0) is 16.3 Å². The largest absolute Gasteiger partial charge is 0.477 e. The van der Waals surface area contributed by atoms with E-state index in [-0.39, 0.29) is 18.5 Å². The fourth-order valence-electron chi connectivity index (χ4n) is 1.87. The second kappa shape index (κ2) is 5.23. The number of amides is 1. The topological polar surface area (TPSA) is 66.7 Å². The fourth-order valence-corrected chi connectivity index (χ4v) is 1.87. The number of aliphatic carboxylic acids is 1. The first-order valence-corrected chi connectivity index (χ1v) is 5.42. The maximum atomic E-state index is 10.9. The predicted molar refractivity (Wildman–Crippen MR) is 68.8 cm³/mol. The van der Waals surface area contributed by atoms with Gasteiger partial charge in [-0.25, -0.2) is 9.79 Å². The second-order valence-corrected chi connectivity index (χ2v) is 3.80. The van der Waals surface area contributed by atoms with Crippen LogP contribution in [0.15, 0.2) is 47.5 Å². The van der Waals surface area contributed by atoms with E-state index in [1.165, 1.54) is 0 Å². The highest BCUT2D eigenvalue weighted by Gasteiger charge is 2.11. The molecule has 0 fully saturated rings. The SMILES string of the molecule is O=CN=C(Cc1cccc2ccccc12)C(=O)O. The number of hydrogen-bond donors (Lipinski definition) is 1. The van der Waals surface area contributed by atoms with Crippen LogP contribution in [0, 0.1) is 0 Å². The summed E-state index contributed by atoms with van der Waals surface area (Å²) in [5.74, 6) is -1.17. The van der Waals surface area contributed by atoms with Crippen LogP contribution in [0.2, 0.25) is 0 Å². The molecule has 0 unspecified atom stereocenters. The van der Waals surface area contributed by atoms with Gasteiger partial charge in [0.2, 0.25) is 6.41 Å². The molecule has 0 spiro atoms. The molecule has 0 aliphatic heterocycles. The molecule has 0 aliphatic carbocycles. The minimum atomic E-state index is -1.17. The van der Waals surface area contributed by atoms with Crippen LogP contribution in [-0.2, 0) is 16.0 Å². The molecular formula is C14H11NO3. The first kappa shape index (κ1) is 12.0. The molecule has 4 heteroatoms. The number of rotatable bonds is 4. The van der Waals surface area contributed by atoms with Crippen LogP contribution in [0.25, 0.3) is 10.8 Å². The molecule has 0 bridgehead atoms. The summed E-state index contributed by atoms with van der Waals surface area (Å²) >= 11 is 0. The average Bonchev–Trinajstić information content (AvgIpc) is 2.38. The Hall–Kier alpha value is -2.49. The molecule has 0 aromatic heterocycles. The molecule has 18 heavy (non-hydrogen) atoms. The normalized spacial score (nSPS) is 11.4. The predicted octanol–water partition coefficient (Wildman–Crippen LogP) is 2.06. The van der Waals surface area contributed by atoms with Gasteiger partial charge < -0.3 is 5.11 Å². The van der Waals surface area contributed by atoms with E-state index in [0.717, 1.165) is 16.3 Å². The van der Waals surface area contributed by atoms with Crippen molar-refractivity contribution in [3.05, 3.63) is 48.0 Å². The molecule has 90 valence electrons. The highest BCUT2D eigenvalue weighted by atomic mass is 16.4. The van der Waals surface area contributed by atoms with Crippen molar-refractivity contribution < 1.29 is 14.7 Å². The summed E-state index contributed by atoms with van der Waals surface area (Å²) in [6, 6.07) is 13.3. The van der Waals surface area contributed by atoms with Crippen molar-refractivity contribution in [3.8, 4) is 0 Å². The van der Waals surface area contributed by atoms with Crippen molar-refractivity contribution >= 4 is 28.9 Å². The maximum Gasteiger partial charge on any atom is 0.350 e. The highest BCUT2D eigenvalue weighted by Crippen LogP contribution is 2.19. The lowest BCUT2D eigenvalue weighted by atomic mass is 10.0. The van der Waals surface area contributed by atoms with Crippen molar-refractivity contribution in [1.29, 1.82) is 0 Å². The number of benzene rings is 2. The van der Waals surface area contributed by atoms with Gasteiger partial charge in [-0.2, -0.15) is 0 Å². The third kappa shape index (κ3) is 2.43. The monoisotopic (exact) mass is 241 g/mol. The van der Waals surface area contributed by atoms with E-state index < -0.39 is 5.97 Å². The zero-order valence-corrected chi connectivity index (χ0v) is 9.54. The van der Waals surface area contributed by atoms with Crippen LogP contribution in [0.5, 0.6) is 0 Å². The third-order valence-electron chi connectivity index (χ3n) is 2.69. The molecular weight excluding hydrogens is 230 g/mol. The minimum absolute atomic E-state index is 0.134. The van der Waals surface area contributed by atoms with Crippen LogP contribution in [0.4, 0.5) is 0 Å². The number of carbonyl (C=O) groups excluding carboxylic acids is 1. The van der Waals surface area contributed by atoms with Crippen molar-refractivity contribution in [3.63, 3.8) is 0 Å². The second-order valence-electron chi connectivity index (χ2n) is 3.80. The molecule has 0 saturated carbocycles. The maximum absolute atomic E-state index is 10.9. The summed E-state index contributed by atoms with van der Waals surface area (Å²) < 4.78 is 0. The Morgan fingerprint density at radius 2 is 1.89 bits per heavy atom. The Labute approximate surface area is 104 Å². The van der Waals surface area contributed by atoms with Gasteiger partial charge in [-0.3, -0.25) is 4.79 Å². The third-order valence-corrected chi connectivity index (χ3v) is 2.69. The summed E-state index contributed by atoms with van der Waals surface area (Å²) in [7, 11) is 0. The van der Waals surface area contributed by atoms with E-state index in [1.807, 2.05) is 42.5 Å². The number of carboxylic acid groups (broad SMARTS) is 1. The van der Waals surface area contributed by atoms with Gasteiger partial charge in [0, 0.05) is 6.42 Å². The molecule has 1 N–H and O–H groups in total. The van der Waals surface area contributed by atoms with E-state index in [9.17, 15) is 9.59 Å². The van der Waals surface area contributed by atoms with Crippen molar-refractivity contribution in [2.45, 2.75) is 6.42 Å². The van der Waals surface area contributed by atoms with Crippen LogP contribution < -0.4 is 0 Å². The number of carboxylic acids is 1. The first-order valence-electron chi connectivity index (χ1n) is 5.42. The van der Waals surface area contributed by atoms with Gasteiger partial charge in [0.05, 0.1) is 0 Å². The molecule has 2 rings (SSSR count). The lowest BCUT2D eigenvalue weighted by Crippen LogP contribution is -2.16. The van der Waals surface area contributed by atoms with Crippen LogP contribution in [-0.4, -0.2) is 23.2 Å². The number of carbonyl (C=O) groups is 2. The Morgan fingerprint density at radius 1 is 1.17 bits per heavy atom. The summed E-state index contributed by atoms with van der Waals surface area (Å²) in [4.78, 5) is 24.6. The zero-order valence-electron chi connectivity index (χ0n) is 9.54. The van der Waals surface area contributed by atoms with Gasteiger partial charge in [0.25, 0.3) is 0 Å². The van der Waals surface area contributed by atoms with Gasteiger partial charge in [0.1, 0.15) is 5.71 Å². The van der Waals surface area contributed by atoms with E-state index in [1.54, 1.807) is 0 Å². The van der Waals surface area contributed by atoms with E-state index in [4.69, 9.17) is 5.11 Å². The van der Waals surface area contributed by atoms with E-state index >= 15 is 0 Å². The van der Waals surface area contributed by atoms with Crippen molar-refractivity contribution in [2.75, 3.05) is 0 Å². The van der Waals surface area contributed by atoms with E-state index in [0.29, 0.717) is 0 Å². The van der Waals surface area contributed by atoms with Crippen molar-refractivity contribution in [2.24, 2.45) is 4.99 Å². The Bertz CT molecular complexity index is 626. The molecule has 0 saturated heterocycles. The molecule has 0 radical (unpaired) electrons. The molecule has 0 aliphatic rings. The minimum Gasteiger partial charge on any atom is -0.477 e. The van der Waals surface area contributed by atoms with E-state index in [2.05, 4.69) is 4.99 Å². The quantitative estimate of drug-likeness (QED) is 0.658. The standard InChI is InChI=1S/C14H11NO3/c16-9-15-13(14(17)18)8-11-6-3-5-10-4-1-2-7-12(10)11/h1-7,9H,8H2,(H,17,18). The lowest BCUT2D eigenvalue weighted by molar-refractivity contribution is -0.129. The Morgan fingerprint density at radius 3 is 2.61 bits per heavy atom. The molecule has 4 nitrogen and oxygen atoms in total. The summed E-state index contributed by atoms with van der Waals surface area (Å²) in [5.41, 5.74) is 0.692. The Kier molecular flexibility index (Phi) is 3.48. The van der Waals surface area contributed by atoms with Crippen molar-refractivity contribution in [1.82, 2.24) is 0 Å². The molecule has 2 aromatic carbocycles. The summed E-state index contributed by atoms with van der Waals surface area (Å²) in [6.07, 6.45) is 0.393. The fraction of sp³-hybridized carbons (Fsp3) is 0.0714. The highest BCUT2D eigenvalue weighted by molar-refractivity contribution is 6.37. The zero-order chi connectivity index (χ0) is 13.0. The average molecular weight is 241 g/mol. The van der Waals surface area contributed by atoms with Gasteiger partial charge in [-0.1, -0.05) is 42.5 Å². The molecule has 1 amide bonds. The van der Waals surface area contributed by atoms with Crippen LogP contribution >= 0.6 is 0 Å². The van der Waals surface area contributed by atoms with Crippen LogP contribution in [0.3, 0.4) is 0 Å². The number of hydrogen-bond acceptors (Lipinski definition) is 2. The molecule has 2 aromatic rings. The van der Waals surface area contributed by atoms with Crippen LogP contribution in [0.1, 0.15) is 5.56 Å². The Balaban J connectivity index is 2.46. The molecule has 0 atom stereocenters. The number of fused-ring (bicyclic) bond motifs is 1. The lowest BCUT2D eigenvalue weighted by Gasteiger charge is -2.05. The molecule has 0 heterocycles. The van der Waals surface area contributed by atoms with Gasteiger partial charge in [-0.15, -0.1) is 0 Å². The number of aliphatic imine (C=N–C) groups is 1. The summed E-state index contributed by atoms with van der Waals surface area (Å²) in [5, 5.41) is 11.0. The summed E-state index contributed by atoms with van der Waals surface area (Å²) in [6.45, 7) is 0. The van der Waals surface area contributed by atoms with Gasteiger partial charge >= 0.3 is 5.97 Å². The number of nitrogens with zero attached hydrogens (tertiary/aromatic N) is 1. The smallest absolute Gasteiger partial charge is 0.350 e. The first-order chi connectivity index (χ1) is 8.72.